The first-order valence-corrected chi connectivity index (χ1v) is 11.0. The van der Waals surface area contributed by atoms with E-state index >= 15 is 0 Å². The number of amides is 1. The predicted octanol–water partition coefficient (Wildman–Crippen LogP) is 5.65. The van der Waals surface area contributed by atoms with Gasteiger partial charge >= 0.3 is 0 Å². The molecule has 5 heteroatoms. The molecule has 2 aromatic rings. The largest absolute Gasteiger partial charge is 0.496 e. The van der Waals surface area contributed by atoms with Crippen LogP contribution in [0.3, 0.4) is 0 Å². The summed E-state index contributed by atoms with van der Waals surface area (Å²) in [6, 6.07) is 12.9. The second-order valence-corrected chi connectivity index (χ2v) is 8.45. The van der Waals surface area contributed by atoms with Gasteiger partial charge in [0.1, 0.15) is 11.5 Å². The highest BCUT2D eigenvalue weighted by molar-refractivity contribution is 5.96. The van der Waals surface area contributed by atoms with Gasteiger partial charge < -0.3 is 20.1 Å². The molecule has 5 nitrogen and oxygen atoms in total. The molecule has 0 heterocycles. The molecule has 3 rings (SSSR count). The van der Waals surface area contributed by atoms with Gasteiger partial charge in [-0.05, 0) is 69.0 Å². The van der Waals surface area contributed by atoms with Crippen LogP contribution < -0.4 is 20.1 Å². The lowest BCUT2D eigenvalue weighted by Crippen LogP contribution is -2.31. The fraction of sp³-hybridized carbons (Fsp3) is 0.423. The third kappa shape index (κ3) is 5.81. The maximum atomic E-state index is 12.5. The van der Waals surface area contributed by atoms with Crippen molar-refractivity contribution >= 4 is 17.2 Å². The van der Waals surface area contributed by atoms with E-state index in [1.807, 2.05) is 19.1 Å². The summed E-state index contributed by atoms with van der Waals surface area (Å²) in [7, 11) is 3.31. The normalized spacial score (nSPS) is 14.6. The highest BCUT2D eigenvalue weighted by Crippen LogP contribution is 2.39. The van der Waals surface area contributed by atoms with Gasteiger partial charge in [0.05, 0.1) is 14.2 Å². The fourth-order valence-corrected chi connectivity index (χ4v) is 4.10. The van der Waals surface area contributed by atoms with Crippen molar-refractivity contribution in [2.45, 2.75) is 58.5 Å². The van der Waals surface area contributed by atoms with Crippen LogP contribution >= 0.6 is 0 Å². The van der Waals surface area contributed by atoms with Crippen LogP contribution in [-0.2, 0) is 4.79 Å². The van der Waals surface area contributed by atoms with Crippen molar-refractivity contribution in [3.05, 3.63) is 48.0 Å². The van der Waals surface area contributed by atoms with E-state index in [1.165, 1.54) is 12.8 Å². The SMILES string of the molecule is COc1cc(-c2ccc(NC(C)C)cc2)c(OC)cc1C(C)=CC(=O)NC1CCCC1. The number of carbonyl (C=O) groups is 1. The summed E-state index contributed by atoms with van der Waals surface area (Å²) in [5.74, 6) is 1.40. The zero-order valence-corrected chi connectivity index (χ0v) is 19.2. The zero-order valence-electron chi connectivity index (χ0n) is 19.2. The number of allylic oxidation sites excluding steroid dienone is 1. The van der Waals surface area contributed by atoms with Crippen LogP contribution in [0.4, 0.5) is 5.69 Å². The highest BCUT2D eigenvalue weighted by Gasteiger charge is 2.18. The number of hydrogen-bond donors (Lipinski definition) is 2. The summed E-state index contributed by atoms with van der Waals surface area (Å²) < 4.78 is 11.4. The first-order valence-electron chi connectivity index (χ1n) is 11.0. The Kier molecular flexibility index (Phi) is 7.61. The quantitative estimate of drug-likeness (QED) is 0.540. The van der Waals surface area contributed by atoms with Crippen LogP contribution in [0.5, 0.6) is 11.5 Å². The summed E-state index contributed by atoms with van der Waals surface area (Å²) in [6.07, 6.45) is 6.16. The molecular weight excluding hydrogens is 388 g/mol. The van der Waals surface area contributed by atoms with E-state index < -0.39 is 0 Å². The number of rotatable bonds is 8. The van der Waals surface area contributed by atoms with E-state index in [2.05, 4.69) is 48.7 Å². The fourth-order valence-electron chi connectivity index (χ4n) is 4.10. The smallest absolute Gasteiger partial charge is 0.244 e. The number of hydrogen-bond acceptors (Lipinski definition) is 4. The summed E-state index contributed by atoms with van der Waals surface area (Å²) in [6.45, 7) is 6.16. The van der Waals surface area contributed by atoms with Crippen LogP contribution in [0.15, 0.2) is 42.5 Å². The van der Waals surface area contributed by atoms with Gasteiger partial charge in [-0.3, -0.25) is 4.79 Å². The number of ether oxygens (including phenoxy) is 2. The minimum absolute atomic E-state index is 0.0530. The standard InChI is InChI=1S/C26H34N2O3/c1-17(2)27-21-12-10-19(11-13-21)23-16-24(30-4)22(15-25(23)31-5)18(3)14-26(29)28-20-8-6-7-9-20/h10-17,20,27H,6-9H2,1-5H3,(H,28,29). The van der Waals surface area contributed by atoms with Crippen molar-refractivity contribution < 1.29 is 14.3 Å². The van der Waals surface area contributed by atoms with Crippen LogP contribution in [-0.4, -0.2) is 32.2 Å². The Balaban J connectivity index is 1.89. The Labute approximate surface area is 185 Å². The van der Waals surface area contributed by atoms with E-state index in [9.17, 15) is 4.79 Å². The molecule has 2 N–H and O–H groups in total. The third-order valence-electron chi connectivity index (χ3n) is 5.65. The number of benzene rings is 2. The highest BCUT2D eigenvalue weighted by atomic mass is 16.5. The molecule has 0 bridgehead atoms. The van der Waals surface area contributed by atoms with Crippen molar-refractivity contribution in [1.29, 1.82) is 0 Å². The first kappa shape index (κ1) is 22.7. The van der Waals surface area contributed by atoms with Crippen molar-refractivity contribution in [3.8, 4) is 22.6 Å². The lowest BCUT2D eigenvalue weighted by atomic mass is 9.98. The van der Waals surface area contributed by atoms with Crippen molar-refractivity contribution in [3.63, 3.8) is 0 Å². The van der Waals surface area contributed by atoms with Crippen molar-refractivity contribution in [1.82, 2.24) is 5.32 Å². The molecule has 0 unspecified atom stereocenters. The van der Waals surface area contributed by atoms with Gasteiger partial charge in [0.15, 0.2) is 0 Å². The predicted molar refractivity (Wildman–Crippen MR) is 128 cm³/mol. The van der Waals surface area contributed by atoms with E-state index in [-0.39, 0.29) is 5.91 Å². The third-order valence-corrected chi connectivity index (χ3v) is 5.65. The van der Waals surface area contributed by atoms with Gasteiger partial charge in [-0.1, -0.05) is 25.0 Å². The molecule has 31 heavy (non-hydrogen) atoms. The maximum Gasteiger partial charge on any atom is 0.244 e. The molecule has 166 valence electrons. The number of methoxy groups -OCH3 is 2. The minimum atomic E-state index is -0.0530. The van der Waals surface area contributed by atoms with Crippen LogP contribution in [0.2, 0.25) is 0 Å². The molecule has 1 amide bonds. The van der Waals surface area contributed by atoms with E-state index in [4.69, 9.17) is 9.47 Å². The Morgan fingerprint density at radius 1 is 1.03 bits per heavy atom. The van der Waals surface area contributed by atoms with Crippen molar-refractivity contribution in [2.75, 3.05) is 19.5 Å². The Hall–Kier alpha value is -2.95. The summed E-state index contributed by atoms with van der Waals surface area (Å²) in [4.78, 5) is 12.5. The van der Waals surface area contributed by atoms with Crippen LogP contribution in [0.25, 0.3) is 16.7 Å². The summed E-state index contributed by atoms with van der Waals surface area (Å²) >= 11 is 0. The van der Waals surface area contributed by atoms with Gasteiger partial charge in [0.25, 0.3) is 0 Å². The molecule has 0 saturated heterocycles. The lowest BCUT2D eigenvalue weighted by Gasteiger charge is -2.17. The Morgan fingerprint density at radius 2 is 1.68 bits per heavy atom. The van der Waals surface area contributed by atoms with E-state index in [0.717, 1.165) is 46.5 Å². The first-order chi connectivity index (χ1) is 14.9. The van der Waals surface area contributed by atoms with Gasteiger partial charge in [-0.2, -0.15) is 0 Å². The van der Waals surface area contributed by atoms with Gasteiger partial charge in [-0.15, -0.1) is 0 Å². The molecule has 0 radical (unpaired) electrons. The average Bonchev–Trinajstić information content (AvgIpc) is 3.25. The molecule has 1 aliphatic carbocycles. The zero-order chi connectivity index (χ0) is 22.4. The Morgan fingerprint density at radius 3 is 2.26 bits per heavy atom. The molecule has 1 fully saturated rings. The summed E-state index contributed by atoms with van der Waals surface area (Å²) in [5.41, 5.74) is 4.75. The van der Waals surface area contributed by atoms with Gasteiger partial charge in [0, 0.05) is 35.0 Å². The topological polar surface area (TPSA) is 59.6 Å². The number of carbonyl (C=O) groups excluding carboxylic acids is 1. The second-order valence-electron chi connectivity index (χ2n) is 8.45. The molecule has 0 spiro atoms. The molecular formula is C26H34N2O3. The Bertz CT molecular complexity index is 926. The van der Waals surface area contributed by atoms with Gasteiger partial charge in [-0.25, -0.2) is 0 Å². The molecule has 0 aromatic heterocycles. The summed E-state index contributed by atoms with van der Waals surface area (Å²) in [5, 5.41) is 6.51. The van der Waals surface area contributed by atoms with Crippen LogP contribution in [0.1, 0.15) is 52.0 Å². The van der Waals surface area contributed by atoms with Crippen molar-refractivity contribution in [2.24, 2.45) is 0 Å². The lowest BCUT2D eigenvalue weighted by molar-refractivity contribution is -0.117. The number of nitrogens with one attached hydrogen (secondary N) is 2. The average molecular weight is 423 g/mol. The minimum Gasteiger partial charge on any atom is -0.496 e. The van der Waals surface area contributed by atoms with Crippen LogP contribution in [0, 0.1) is 0 Å². The van der Waals surface area contributed by atoms with E-state index in [1.54, 1.807) is 20.3 Å². The van der Waals surface area contributed by atoms with Gasteiger partial charge in [0.2, 0.25) is 5.91 Å². The monoisotopic (exact) mass is 422 g/mol. The maximum absolute atomic E-state index is 12.5. The molecule has 1 aliphatic rings. The second kappa shape index (κ2) is 10.4. The van der Waals surface area contributed by atoms with E-state index in [0.29, 0.717) is 17.8 Å². The number of anilines is 1. The molecule has 0 aliphatic heterocycles. The molecule has 2 aromatic carbocycles. The molecule has 1 saturated carbocycles. The molecule has 0 atom stereocenters.